The second-order valence-corrected chi connectivity index (χ2v) is 5.26. The Morgan fingerprint density at radius 3 is 2.73 bits per heavy atom. The molecule has 0 unspecified atom stereocenters. The first kappa shape index (κ1) is 14.1. The third kappa shape index (κ3) is 2.53. The molecule has 112 valence electrons. The number of rotatable bonds is 3. The number of hydrogen-bond donors (Lipinski definition) is 1. The molecule has 0 aliphatic carbocycles. The highest BCUT2D eigenvalue weighted by Gasteiger charge is 2.17. The van der Waals surface area contributed by atoms with Gasteiger partial charge in [-0.25, -0.2) is 4.98 Å². The van der Waals surface area contributed by atoms with E-state index < -0.39 is 0 Å². The lowest BCUT2D eigenvalue weighted by atomic mass is 10.1. The molecule has 1 N–H and O–H groups in total. The molecule has 0 saturated heterocycles. The highest BCUT2D eigenvalue weighted by molar-refractivity contribution is 5.94. The zero-order valence-corrected chi connectivity index (χ0v) is 12.5. The monoisotopic (exact) mass is 295 g/mol. The molecule has 1 amide bonds. The predicted molar refractivity (Wildman–Crippen MR) is 85.9 cm³/mol. The van der Waals surface area contributed by atoms with Crippen LogP contribution in [0, 0.1) is 0 Å². The van der Waals surface area contributed by atoms with Gasteiger partial charge < -0.3 is 9.67 Å². The molecule has 3 aromatic rings. The maximum absolute atomic E-state index is 12.4. The summed E-state index contributed by atoms with van der Waals surface area (Å²) in [7, 11) is 3.61. The molecular weight excluding hydrogens is 278 g/mol. The van der Waals surface area contributed by atoms with Gasteiger partial charge in [0.1, 0.15) is 5.75 Å². The van der Waals surface area contributed by atoms with Gasteiger partial charge in [-0.1, -0.05) is 24.3 Å². The van der Waals surface area contributed by atoms with Crippen LogP contribution in [0.25, 0.3) is 11.0 Å². The molecule has 5 heteroatoms. The van der Waals surface area contributed by atoms with Gasteiger partial charge in [-0.15, -0.1) is 0 Å². The number of aryl methyl sites for hydroxylation is 1. The molecule has 1 heterocycles. The molecule has 0 bridgehead atoms. The van der Waals surface area contributed by atoms with Gasteiger partial charge in [-0.2, -0.15) is 0 Å². The fraction of sp³-hybridized carbons (Fsp3) is 0.176. The molecular formula is C17H17N3O2. The average molecular weight is 295 g/mol. The first-order valence-corrected chi connectivity index (χ1v) is 7.02. The van der Waals surface area contributed by atoms with E-state index in [1.54, 1.807) is 30.1 Å². The van der Waals surface area contributed by atoms with Gasteiger partial charge >= 0.3 is 0 Å². The Morgan fingerprint density at radius 1 is 1.23 bits per heavy atom. The van der Waals surface area contributed by atoms with Gasteiger partial charge in [-0.05, 0) is 29.8 Å². The molecule has 1 aromatic heterocycles. The number of phenolic OH excluding ortho intramolecular Hbond substituents is 1. The van der Waals surface area contributed by atoms with Gasteiger partial charge in [0, 0.05) is 14.1 Å². The van der Waals surface area contributed by atoms with Gasteiger partial charge in [0.25, 0.3) is 0 Å². The fourth-order valence-electron chi connectivity index (χ4n) is 2.50. The number of imidazole rings is 1. The maximum atomic E-state index is 12.4. The minimum absolute atomic E-state index is 0.0796. The van der Waals surface area contributed by atoms with Crippen molar-refractivity contribution in [2.45, 2.75) is 6.42 Å². The van der Waals surface area contributed by atoms with Crippen molar-refractivity contribution < 1.29 is 9.90 Å². The largest absolute Gasteiger partial charge is 0.508 e. The Labute approximate surface area is 128 Å². The Morgan fingerprint density at radius 2 is 2.00 bits per heavy atom. The standard InChI is InChI=1S/C17H17N3O2/c1-19-15-9-4-3-8-14(15)18-17(19)20(2)16(22)11-12-6-5-7-13(21)10-12/h3-10,21H,11H2,1-2H3. The Bertz CT molecular complexity index is 839. The molecule has 22 heavy (non-hydrogen) atoms. The first-order chi connectivity index (χ1) is 10.6. The summed E-state index contributed by atoms with van der Waals surface area (Å²) in [6.45, 7) is 0. The number of anilines is 1. The van der Waals surface area contributed by atoms with Crippen molar-refractivity contribution in [3.63, 3.8) is 0 Å². The number of likely N-dealkylation sites (N-methyl/N-ethyl adjacent to an activating group) is 1. The number of para-hydroxylation sites is 2. The van der Waals surface area contributed by atoms with Gasteiger partial charge in [-0.3, -0.25) is 9.69 Å². The normalized spacial score (nSPS) is 10.8. The van der Waals surface area contributed by atoms with Crippen molar-refractivity contribution in [1.29, 1.82) is 0 Å². The van der Waals surface area contributed by atoms with Crippen LogP contribution in [0.5, 0.6) is 5.75 Å². The molecule has 0 fully saturated rings. The Hall–Kier alpha value is -2.82. The van der Waals surface area contributed by atoms with Crippen molar-refractivity contribution in [1.82, 2.24) is 9.55 Å². The van der Waals surface area contributed by atoms with E-state index in [4.69, 9.17) is 0 Å². The van der Waals surface area contributed by atoms with Crippen LogP contribution in [0.3, 0.4) is 0 Å². The predicted octanol–water partition coefficient (Wildman–Crippen LogP) is 2.48. The third-order valence-corrected chi connectivity index (χ3v) is 3.70. The summed E-state index contributed by atoms with van der Waals surface area (Å²) in [5.41, 5.74) is 2.61. The second-order valence-electron chi connectivity index (χ2n) is 5.26. The van der Waals surface area contributed by atoms with Crippen LogP contribution in [-0.4, -0.2) is 27.6 Å². The minimum atomic E-state index is -0.0796. The number of aromatic hydroxyl groups is 1. The van der Waals surface area contributed by atoms with Gasteiger partial charge in [0.05, 0.1) is 17.5 Å². The van der Waals surface area contributed by atoms with E-state index in [0.717, 1.165) is 16.6 Å². The molecule has 0 saturated carbocycles. The maximum Gasteiger partial charge on any atom is 0.233 e. The van der Waals surface area contributed by atoms with Crippen molar-refractivity contribution >= 4 is 22.9 Å². The molecule has 5 nitrogen and oxygen atoms in total. The van der Waals surface area contributed by atoms with E-state index in [1.165, 1.54) is 0 Å². The van der Waals surface area contributed by atoms with E-state index in [9.17, 15) is 9.90 Å². The van der Waals surface area contributed by atoms with E-state index in [-0.39, 0.29) is 18.1 Å². The molecule has 3 rings (SSSR count). The topological polar surface area (TPSA) is 58.4 Å². The lowest BCUT2D eigenvalue weighted by Crippen LogP contribution is -2.30. The summed E-state index contributed by atoms with van der Waals surface area (Å²) in [5.74, 6) is 0.686. The zero-order chi connectivity index (χ0) is 15.7. The highest BCUT2D eigenvalue weighted by Crippen LogP contribution is 2.21. The number of carbonyl (C=O) groups excluding carboxylic acids is 1. The number of nitrogens with zero attached hydrogens (tertiary/aromatic N) is 3. The van der Waals surface area contributed by atoms with Gasteiger partial charge in [0.15, 0.2) is 0 Å². The average Bonchev–Trinajstić information content (AvgIpc) is 2.84. The smallest absolute Gasteiger partial charge is 0.233 e. The summed E-state index contributed by atoms with van der Waals surface area (Å²) in [5, 5.41) is 9.48. The number of aromatic nitrogens is 2. The van der Waals surface area contributed by atoms with Gasteiger partial charge in [0.2, 0.25) is 11.9 Å². The lowest BCUT2D eigenvalue weighted by molar-refractivity contribution is -0.117. The Balaban J connectivity index is 1.87. The molecule has 2 aromatic carbocycles. The molecule has 0 radical (unpaired) electrons. The van der Waals surface area contributed by atoms with Crippen molar-refractivity contribution in [2.75, 3.05) is 11.9 Å². The summed E-state index contributed by atoms with van der Waals surface area (Å²) >= 11 is 0. The minimum Gasteiger partial charge on any atom is -0.508 e. The number of hydrogen-bond acceptors (Lipinski definition) is 3. The molecule has 0 aliphatic rings. The number of phenols is 1. The second kappa shape index (κ2) is 5.52. The van der Waals surface area contributed by atoms with Crippen molar-refractivity contribution in [2.24, 2.45) is 7.05 Å². The summed E-state index contributed by atoms with van der Waals surface area (Å²) < 4.78 is 1.90. The zero-order valence-electron chi connectivity index (χ0n) is 12.5. The van der Waals surface area contributed by atoms with Crippen LogP contribution < -0.4 is 4.90 Å². The summed E-state index contributed by atoms with van der Waals surface area (Å²) in [4.78, 5) is 18.5. The van der Waals surface area contributed by atoms with E-state index in [2.05, 4.69) is 4.98 Å². The van der Waals surface area contributed by atoms with E-state index >= 15 is 0 Å². The highest BCUT2D eigenvalue weighted by atomic mass is 16.3. The number of fused-ring (bicyclic) bond motifs is 1. The van der Waals surface area contributed by atoms with Crippen LogP contribution in [0.4, 0.5) is 5.95 Å². The van der Waals surface area contributed by atoms with Crippen LogP contribution in [0.15, 0.2) is 48.5 Å². The molecule has 0 spiro atoms. The van der Waals surface area contributed by atoms with Crippen LogP contribution in [-0.2, 0) is 18.3 Å². The van der Waals surface area contributed by atoms with Crippen LogP contribution in [0.1, 0.15) is 5.56 Å². The van der Waals surface area contributed by atoms with Crippen LogP contribution >= 0.6 is 0 Å². The third-order valence-electron chi connectivity index (χ3n) is 3.70. The SMILES string of the molecule is CN(C(=O)Cc1cccc(O)c1)c1nc2ccccc2n1C. The fourth-order valence-corrected chi connectivity index (χ4v) is 2.50. The summed E-state index contributed by atoms with van der Waals surface area (Å²) in [6, 6.07) is 14.5. The lowest BCUT2D eigenvalue weighted by Gasteiger charge is -2.16. The Kier molecular flexibility index (Phi) is 3.55. The van der Waals surface area contributed by atoms with Crippen LogP contribution in [0.2, 0.25) is 0 Å². The van der Waals surface area contributed by atoms with Crippen molar-refractivity contribution in [3.05, 3.63) is 54.1 Å². The number of benzene rings is 2. The van der Waals surface area contributed by atoms with E-state index in [0.29, 0.717) is 5.95 Å². The first-order valence-electron chi connectivity index (χ1n) is 7.02. The number of carbonyl (C=O) groups is 1. The summed E-state index contributed by atoms with van der Waals surface area (Å²) in [6.07, 6.45) is 0.216. The molecule has 0 aliphatic heterocycles. The quantitative estimate of drug-likeness (QED) is 0.807. The number of amides is 1. The van der Waals surface area contributed by atoms with Crippen molar-refractivity contribution in [3.8, 4) is 5.75 Å². The molecule has 0 atom stereocenters. The van der Waals surface area contributed by atoms with E-state index in [1.807, 2.05) is 41.9 Å².